The van der Waals surface area contributed by atoms with Crippen molar-refractivity contribution in [1.29, 1.82) is 0 Å². The van der Waals surface area contributed by atoms with Crippen molar-refractivity contribution >= 4 is 0 Å². The maximum atomic E-state index is 13.3. The molecular formula is C22H24F9N5O2. The third-order valence-corrected chi connectivity index (χ3v) is 5.09. The largest absolute Gasteiger partial charge is 0.468 e. The first-order chi connectivity index (χ1) is 16.8. The minimum Gasteiger partial charge on any atom is -0.468 e. The molecule has 1 unspecified atom stereocenters. The van der Waals surface area contributed by atoms with Gasteiger partial charge in [-0.2, -0.15) is 36.5 Å². The number of aliphatic hydroxyl groups is 1. The Morgan fingerprint density at radius 3 is 2.34 bits per heavy atom. The number of nitrogens with zero attached hydrogens (tertiary/aromatic N) is 5. The summed E-state index contributed by atoms with van der Waals surface area (Å²) in [4.78, 5) is 3.72. The van der Waals surface area contributed by atoms with Gasteiger partial charge in [0, 0.05) is 25.0 Å². The fourth-order valence-electron chi connectivity index (χ4n) is 3.52. The minimum atomic E-state index is -4.66. The third-order valence-electron chi connectivity index (χ3n) is 5.09. The van der Waals surface area contributed by atoms with E-state index in [2.05, 4.69) is 25.0 Å². The van der Waals surface area contributed by atoms with Crippen LogP contribution in [0.25, 0.3) is 11.3 Å². The number of aliphatic hydroxyl groups excluding tert-OH is 1. The lowest BCUT2D eigenvalue weighted by Crippen LogP contribution is -2.20. The molecule has 0 fully saturated rings. The molecule has 0 saturated carbocycles. The van der Waals surface area contributed by atoms with Gasteiger partial charge in [0.2, 0.25) is 5.88 Å². The van der Waals surface area contributed by atoms with Crippen LogP contribution in [0.5, 0.6) is 5.88 Å². The monoisotopic (exact) mass is 561 g/mol. The number of aromatic nitrogens is 5. The summed E-state index contributed by atoms with van der Waals surface area (Å²) < 4.78 is 95.6. The first-order valence-electron chi connectivity index (χ1n) is 10.6. The van der Waals surface area contributed by atoms with E-state index in [0.717, 1.165) is 4.68 Å². The van der Waals surface area contributed by atoms with E-state index in [4.69, 9.17) is 0 Å². The highest BCUT2D eigenvalue weighted by atomic mass is 19.4. The van der Waals surface area contributed by atoms with E-state index in [9.17, 15) is 35.8 Å². The molecule has 0 bridgehead atoms. The van der Waals surface area contributed by atoms with Crippen LogP contribution in [-0.4, -0.2) is 49.0 Å². The zero-order chi connectivity index (χ0) is 26.7. The fourth-order valence-corrected chi connectivity index (χ4v) is 3.52. The summed E-state index contributed by atoms with van der Waals surface area (Å²) in [6.07, 6.45) is -7.32. The summed E-state index contributed by atoms with van der Waals surface area (Å²) in [5, 5.41) is 21.7. The van der Waals surface area contributed by atoms with Crippen LogP contribution in [0, 0.1) is 6.92 Å². The summed E-state index contributed by atoms with van der Waals surface area (Å²) in [7, 11) is 1.37. The van der Waals surface area contributed by atoms with E-state index >= 15 is 0 Å². The van der Waals surface area contributed by atoms with E-state index in [1.165, 1.54) is 25.5 Å². The van der Waals surface area contributed by atoms with Gasteiger partial charge >= 0.3 is 12.4 Å². The molecule has 0 aromatic carbocycles. The van der Waals surface area contributed by atoms with Gasteiger partial charge in [-0.1, -0.05) is 0 Å². The van der Waals surface area contributed by atoms with Crippen molar-refractivity contribution in [3.05, 3.63) is 52.6 Å². The first-order valence-corrected chi connectivity index (χ1v) is 10.6. The Morgan fingerprint density at radius 1 is 1.08 bits per heavy atom. The molecular weight excluding hydrogens is 537 g/mol. The van der Waals surface area contributed by atoms with Crippen molar-refractivity contribution in [2.75, 3.05) is 6.61 Å². The number of alkyl halides is 7. The third kappa shape index (κ3) is 8.56. The summed E-state index contributed by atoms with van der Waals surface area (Å²) >= 11 is 0. The summed E-state index contributed by atoms with van der Waals surface area (Å²) in [6.45, 7) is -1.12. The molecule has 7 nitrogen and oxygen atoms in total. The highest BCUT2D eigenvalue weighted by Crippen LogP contribution is 2.36. The van der Waals surface area contributed by atoms with Crippen LogP contribution >= 0.6 is 0 Å². The van der Waals surface area contributed by atoms with Gasteiger partial charge in [-0.15, -0.1) is 5.10 Å². The maximum Gasteiger partial charge on any atom is 0.435 e. The van der Waals surface area contributed by atoms with Crippen molar-refractivity contribution in [3.63, 3.8) is 0 Å². The van der Waals surface area contributed by atoms with Crippen LogP contribution in [0.3, 0.4) is 0 Å². The van der Waals surface area contributed by atoms with Gasteiger partial charge in [-0.3, -0.25) is 14.1 Å². The smallest absolute Gasteiger partial charge is 0.435 e. The summed E-state index contributed by atoms with van der Waals surface area (Å²) in [6, 6.07) is 2.84. The van der Waals surface area contributed by atoms with Gasteiger partial charge in [0.05, 0.1) is 23.1 Å². The molecule has 0 aliphatic rings. The highest BCUT2D eigenvalue weighted by Gasteiger charge is 2.38. The van der Waals surface area contributed by atoms with Crippen LogP contribution in [-0.2, 0) is 32.7 Å². The van der Waals surface area contributed by atoms with E-state index in [0.29, 0.717) is 16.8 Å². The molecule has 16 heteroatoms. The van der Waals surface area contributed by atoms with Gasteiger partial charge in [-0.25, -0.2) is 9.37 Å². The van der Waals surface area contributed by atoms with Gasteiger partial charge in [0.15, 0.2) is 12.3 Å². The molecule has 0 saturated heterocycles. The molecule has 3 heterocycles. The number of hydrogen-bond acceptors (Lipinski definition) is 6. The second-order valence-corrected chi connectivity index (χ2v) is 8.17. The highest BCUT2D eigenvalue weighted by molar-refractivity contribution is 5.65. The molecule has 0 spiro atoms. The van der Waals surface area contributed by atoms with Crippen LogP contribution in [0.2, 0.25) is 0 Å². The number of halogens is 9. The number of hydrogen-bond donors (Lipinski definition) is 1. The first kappa shape index (κ1) is 32.6. The van der Waals surface area contributed by atoms with Crippen molar-refractivity contribution in [3.8, 4) is 17.1 Å². The average molecular weight is 561 g/mol. The molecule has 1 N–H and O–H groups in total. The molecule has 0 amide bonds. The van der Waals surface area contributed by atoms with Crippen LogP contribution in [0.1, 0.15) is 34.5 Å². The Bertz CT molecular complexity index is 1200. The molecule has 212 valence electrons. The lowest BCUT2D eigenvalue weighted by Gasteiger charge is -2.14. The molecule has 3 aromatic rings. The lowest BCUT2D eigenvalue weighted by atomic mass is 10.0. The Balaban J connectivity index is 0.00000361. The average Bonchev–Trinajstić information content (AvgIpc) is 3.18. The normalized spacial score (nSPS) is 12.5. The van der Waals surface area contributed by atoms with Crippen molar-refractivity contribution < 1.29 is 50.0 Å². The Hall–Kier alpha value is -3.43. The Kier molecular flexibility index (Phi) is 11.1. The Labute approximate surface area is 210 Å². The van der Waals surface area contributed by atoms with Gasteiger partial charge in [-0.05, 0) is 49.4 Å². The Morgan fingerprint density at radius 2 is 1.76 bits per heavy atom. The molecule has 0 aliphatic carbocycles. The minimum absolute atomic E-state index is 0. The zero-order valence-corrected chi connectivity index (χ0v) is 20.0. The molecule has 3 aromatic heterocycles. The topological polar surface area (TPSA) is 86.0 Å². The predicted molar refractivity (Wildman–Crippen MR) is 118 cm³/mol. The predicted octanol–water partition coefficient (Wildman–Crippen LogP) is 4.85. The second kappa shape index (κ2) is 12.9. The molecule has 0 radical (unpaired) electrons. The van der Waals surface area contributed by atoms with Gasteiger partial charge in [0.1, 0.15) is 6.67 Å². The molecule has 0 aliphatic heterocycles. The van der Waals surface area contributed by atoms with E-state index in [-0.39, 0.29) is 45.5 Å². The van der Waals surface area contributed by atoms with Crippen LogP contribution < -0.4 is 4.74 Å². The van der Waals surface area contributed by atoms with Crippen LogP contribution in [0.15, 0.2) is 24.5 Å². The van der Waals surface area contributed by atoms with Gasteiger partial charge < -0.3 is 9.84 Å². The number of pyridine rings is 1. The van der Waals surface area contributed by atoms with Crippen molar-refractivity contribution in [1.82, 2.24) is 25.0 Å². The number of ether oxygens (including phenoxy) is 1. The van der Waals surface area contributed by atoms with Crippen LogP contribution in [0.4, 0.5) is 40.1 Å². The lowest BCUT2D eigenvalue weighted by molar-refractivity contribution is -0.154. The van der Waals surface area contributed by atoms with E-state index < -0.39 is 43.3 Å². The maximum absolute atomic E-state index is 13.3. The fraction of sp³-hybridized carbons (Fsp3) is 0.455. The number of aryl methyl sites for hydroxylation is 3. The molecule has 1 atom stereocenters. The second-order valence-electron chi connectivity index (χ2n) is 8.17. The van der Waals surface area contributed by atoms with E-state index in [1.54, 1.807) is 13.0 Å². The SMILES string of the molecule is Cc1cc(CCC(O)Cc2cnc(OCC(F)(F)F)c(CF)c2)nnc1-c1cn(C)nc1C(F)(F)F.F.F. The van der Waals surface area contributed by atoms with E-state index in [1.807, 2.05) is 0 Å². The molecule has 38 heavy (non-hydrogen) atoms. The quantitative estimate of drug-likeness (QED) is 0.376. The standard InChI is InChI=1S/C22H22F7N5O2.2FH/c1-12-5-15(31-32-18(12)17-10-34(2)33-19(17)22(27,28)29)3-4-16(35)7-13-6-14(8-23)20(30-9-13)36-11-21(24,25)26;;/h5-6,9-10,16,35H,3-4,7-8,11H2,1-2H3;2*1H. The summed E-state index contributed by atoms with van der Waals surface area (Å²) in [5.74, 6) is -0.471. The summed E-state index contributed by atoms with van der Waals surface area (Å²) in [5.41, 5.74) is -0.122. The molecule has 3 rings (SSSR count). The van der Waals surface area contributed by atoms with Crippen molar-refractivity contribution in [2.24, 2.45) is 7.05 Å². The van der Waals surface area contributed by atoms with Gasteiger partial charge in [0.25, 0.3) is 0 Å². The zero-order valence-electron chi connectivity index (χ0n) is 20.0. The van der Waals surface area contributed by atoms with Crippen molar-refractivity contribution in [2.45, 2.75) is 51.3 Å². The number of rotatable bonds is 9.